The molecule has 0 radical (unpaired) electrons. The van der Waals surface area contributed by atoms with Gasteiger partial charge in [-0.05, 0) is 17.7 Å². The number of alkyl halides is 3. The zero-order valence-electron chi connectivity index (χ0n) is 9.73. The first kappa shape index (κ1) is 16.6. The van der Waals surface area contributed by atoms with E-state index in [4.69, 9.17) is 44.6 Å². The molecule has 2 amide bonds. The van der Waals surface area contributed by atoms with Gasteiger partial charge in [0.15, 0.2) is 0 Å². The molecule has 0 heterocycles. The Balaban J connectivity index is 2.58. The maximum Gasteiger partial charge on any atom is 0.419 e. The molecular weight excluding hydrogens is 332 g/mol. The quantitative estimate of drug-likeness (QED) is 0.824. The van der Waals surface area contributed by atoms with Crippen molar-refractivity contribution in [2.45, 2.75) is 10.2 Å². The number of rotatable bonds is 3. The number of aliphatic carboxylic acids is 1. The van der Waals surface area contributed by atoms with E-state index in [1.54, 1.807) is 5.32 Å². The van der Waals surface area contributed by atoms with Crippen molar-refractivity contribution in [3.05, 3.63) is 29.8 Å². The average Bonchev–Trinajstić information content (AvgIpc) is 2.29. The topological polar surface area (TPSA) is 92.7 Å². The molecule has 0 aliphatic carbocycles. The highest BCUT2D eigenvalue weighted by Gasteiger charge is 2.32. The summed E-state index contributed by atoms with van der Waals surface area (Å²) in [6.07, 6.45) is -1.27. The molecule has 0 saturated carbocycles. The molecule has 0 fully saturated rings. The van der Waals surface area contributed by atoms with Crippen LogP contribution in [0.1, 0.15) is 5.56 Å². The van der Waals surface area contributed by atoms with Crippen LogP contribution in [0.4, 0.5) is 4.79 Å². The molecule has 0 aliphatic rings. The number of hydrogen-bond acceptors (Lipinski definition) is 4. The SMILES string of the molecule is O=C(O)Cc1ccc(OC(=O)NC(=O)C(Cl)(Cl)Cl)cc1. The molecule has 0 aromatic heterocycles. The van der Waals surface area contributed by atoms with E-state index in [1.165, 1.54) is 24.3 Å². The molecule has 1 aromatic rings. The molecule has 0 spiro atoms. The van der Waals surface area contributed by atoms with Gasteiger partial charge < -0.3 is 9.84 Å². The summed E-state index contributed by atoms with van der Waals surface area (Å²) in [4.78, 5) is 33.0. The number of benzene rings is 1. The summed E-state index contributed by atoms with van der Waals surface area (Å²) in [6, 6.07) is 5.68. The smallest absolute Gasteiger partial charge is 0.419 e. The standard InChI is InChI=1S/C11H8Cl3NO5/c12-11(13,14)9(18)15-10(19)20-7-3-1-6(2-4-7)5-8(16)17/h1-4H,5H2,(H,16,17)(H,15,18,19). The van der Waals surface area contributed by atoms with Gasteiger partial charge in [-0.25, -0.2) is 4.79 Å². The molecule has 0 aliphatic heterocycles. The molecule has 0 saturated heterocycles. The first-order chi connectivity index (χ1) is 9.18. The second-order valence-electron chi connectivity index (χ2n) is 3.56. The van der Waals surface area contributed by atoms with Crippen LogP contribution in [0.25, 0.3) is 0 Å². The van der Waals surface area contributed by atoms with Gasteiger partial charge in [0.1, 0.15) is 5.75 Å². The van der Waals surface area contributed by atoms with Gasteiger partial charge in [-0.1, -0.05) is 46.9 Å². The molecule has 0 bridgehead atoms. The number of imide groups is 1. The lowest BCUT2D eigenvalue weighted by Crippen LogP contribution is -2.40. The van der Waals surface area contributed by atoms with Crippen molar-refractivity contribution >= 4 is 52.8 Å². The lowest BCUT2D eigenvalue weighted by atomic mass is 10.1. The summed E-state index contributed by atoms with van der Waals surface area (Å²) in [5.41, 5.74) is 0.530. The van der Waals surface area contributed by atoms with Gasteiger partial charge >= 0.3 is 12.1 Å². The van der Waals surface area contributed by atoms with E-state index in [0.29, 0.717) is 5.56 Å². The van der Waals surface area contributed by atoms with E-state index in [0.717, 1.165) is 0 Å². The Hall–Kier alpha value is -1.50. The zero-order chi connectivity index (χ0) is 15.3. The van der Waals surface area contributed by atoms with E-state index < -0.39 is 21.8 Å². The third-order valence-corrected chi connectivity index (χ3v) is 2.48. The minimum atomic E-state index is -2.27. The van der Waals surface area contributed by atoms with Crippen molar-refractivity contribution in [2.24, 2.45) is 0 Å². The molecule has 0 atom stereocenters. The van der Waals surface area contributed by atoms with Crippen LogP contribution in [-0.2, 0) is 16.0 Å². The highest BCUT2D eigenvalue weighted by atomic mass is 35.6. The number of ether oxygens (including phenoxy) is 1. The molecule has 0 unspecified atom stereocenters. The van der Waals surface area contributed by atoms with Crippen LogP contribution in [0.15, 0.2) is 24.3 Å². The van der Waals surface area contributed by atoms with Gasteiger partial charge in [0.05, 0.1) is 6.42 Å². The lowest BCUT2D eigenvalue weighted by Gasteiger charge is -2.10. The first-order valence-electron chi connectivity index (χ1n) is 5.09. The minimum Gasteiger partial charge on any atom is -0.481 e. The molecule has 9 heteroatoms. The Morgan fingerprint density at radius 2 is 1.70 bits per heavy atom. The monoisotopic (exact) mass is 339 g/mol. The fourth-order valence-electron chi connectivity index (χ4n) is 1.15. The molecule has 20 heavy (non-hydrogen) atoms. The number of carboxylic acid groups (broad SMARTS) is 1. The number of carbonyl (C=O) groups excluding carboxylic acids is 2. The summed E-state index contributed by atoms with van der Waals surface area (Å²) in [5.74, 6) is -2.02. The summed E-state index contributed by atoms with van der Waals surface area (Å²) in [7, 11) is 0. The summed E-state index contributed by atoms with van der Waals surface area (Å²) < 4.78 is 2.47. The fraction of sp³-hybridized carbons (Fsp3) is 0.182. The van der Waals surface area contributed by atoms with E-state index >= 15 is 0 Å². The summed E-state index contributed by atoms with van der Waals surface area (Å²) >= 11 is 15.8. The van der Waals surface area contributed by atoms with Crippen LogP contribution >= 0.6 is 34.8 Å². The van der Waals surface area contributed by atoms with Crippen molar-refractivity contribution < 1.29 is 24.2 Å². The Morgan fingerprint density at radius 1 is 1.15 bits per heavy atom. The van der Waals surface area contributed by atoms with Gasteiger partial charge in [-0.2, -0.15) is 0 Å². The molecule has 6 nitrogen and oxygen atoms in total. The van der Waals surface area contributed by atoms with Crippen LogP contribution < -0.4 is 10.1 Å². The second-order valence-corrected chi connectivity index (χ2v) is 5.84. The average molecular weight is 341 g/mol. The van der Waals surface area contributed by atoms with Crippen molar-refractivity contribution in [3.63, 3.8) is 0 Å². The highest BCUT2D eigenvalue weighted by molar-refractivity contribution is 6.76. The Bertz CT molecular complexity index is 524. The van der Waals surface area contributed by atoms with E-state index in [1.807, 2.05) is 0 Å². The predicted octanol–water partition coefficient (Wildman–Crippen LogP) is 2.30. The van der Waals surface area contributed by atoms with Crippen molar-refractivity contribution in [1.29, 1.82) is 0 Å². The minimum absolute atomic E-state index is 0.105. The zero-order valence-corrected chi connectivity index (χ0v) is 12.0. The number of carboxylic acids is 1. The normalized spacial score (nSPS) is 10.8. The van der Waals surface area contributed by atoms with E-state index in [2.05, 4.69) is 0 Å². The van der Waals surface area contributed by atoms with Crippen LogP contribution in [0.3, 0.4) is 0 Å². The Kier molecular flexibility index (Phi) is 5.62. The van der Waals surface area contributed by atoms with Gasteiger partial charge in [-0.15, -0.1) is 0 Å². The van der Waals surface area contributed by atoms with Crippen molar-refractivity contribution in [3.8, 4) is 5.75 Å². The van der Waals surface area contributed by atoms with Crippen LogP contribution in [0.5, 0.6) is 5.75 Å². The van der Waals surface area contributed by atoms with Gasteiger partial charge in [0.25, 0.3) is 9.70 Å². The first-order valence-corrected chi connectivity index (χ1v) is 6.22. The Morgan fingerprint density at radius 3 is 2.15 bits per heavy atom. The molecule has 1 aromatic carbocycles. The maximum absolute atomic E-state index is 11.3. The van der Waals surface area contributed by atoms with Gasteiger partial charge in [-0.3, -0.25) is 14.9 Å². The number of carbonyl (C=O) groups is 3. The highest BCUT2D eigenvalue weighted by Crippen LogP contribution is 2.25. The second kappa shape index (κ2) is 6.78. The van der Waals surface area contributed by atoms with Crippen LogP contribution in [-0.4, -0.2) is 26.9 Å². The third-order valence-electron chi connectivity index (χ3n) is 1.96. The van der Waals surface area contributed by atoms with Gasteiger partial charge in [0, 0.05) is 0 Å². The number of hydrogen-bond donors (Lipinski definition) is 2. The van der Waals surface area contributed by atoms with Crippen LogP contribution in [0, 0.1) is 0 Å². The lowest BCUT2D eigenvalue weighted by molar-refractivity contribution is -0.136. The number of nitrogens with one attached hydrogen (secondary N) is 1. The van der Waals surface area contributed by atoms with E-state index in [-0.39, 0.29) is 12.2 Å². The molecule has 2 N–H and O–H groups in total. The number of halogens is 3. The molecular formula is C11H8Cl3NO5. The third kappa shape index (κ3) is 5.64. The molecule has 108 valence electrons. The Labute approximate surface area is 128 Å². The van der Waals surface area contributed by atoms with Crippen LogP contribution in [0.2, 0.25) is 0 Å². The maximum atomic E-state index is 11.3. The van der Waals surface area contributed by atoms with E-state index in [9.17, 15) is 14.4 Å². The fourth-order valence-corrected chi connectivity index (χ4v) is 1.29. The summed E-state index contributed by atoms with van der Waals surface area (Å²) in [6.45, 7) is 0. The predicted molar refractivity (Wildman–Crippen MR) is 72.2 cm³/mol. The summed E-state index contributed by atoms with van der Waals surface area (Å²) in [5, 5.41) is 10.3. The van der Waals surface area contributed by atoms with Gasteiger partial charge in [0.2, 0.25) is 0 Å². The number of amides is 2. The molecule has 1 rings (SSSR count). The van der Waals surface area contributed by atoms with Crippen molar-refractivity contribution in [1.82, 2.24) is 5.32 Å². The largest absolute Gasteiger partial charge is 0.481 e. The van der Waals surface area contributed by atoms with Crippen molar-refractivity contribution in [2.75, 3.05) is 0 Å².